The Bertz CT molecular complexity index is 6.00. The molecule has 0 N–H and O–H groups in total. The molecule has 0 amide bonds. The zero-order valence-corrected chi connectivity index (χ0v) is 4.24. The first kappa shape index (κ1) is 139. The average Bonchev–Trinajstić information content (AvgIpc) is 0. The Morgan fingerprint density at radius 1 is 0.750 bits per heavy atom. The van der Waals surface area contributed by atoms with Crippen molar-refractivity contribution in [3.8, 4) is 0 Å². The van der Waals surface area contributed by atoms with Crippen molar-refractivity contribution in [2.24, 2.45) is 0 Å². The van der Waals surface area contributed by atoms with Crippen molar-refractivity contribution < 1.29 is 21.1 Å². The van der Waals surface area contributed by atoms with Crippen LogP contribution >= 0.6 is 0 Å². The van der Waals surface area contributed by atoms with E-state index in [9.17, 15) is 0 Å². The monoisotopic (exact) mass is 226 g/mol. The molecule has 22 valence electrons. The molecular formula is H3BN2W. The first-order valence-electron chi connectivity index (χ1n) is 0. The van der Waals surface area contributed by atoms with Crippen LogP contribution in [0.4, 0.5) is 0 Å². The number of hydrogen-bond acceptors (Lipinski definition) is 0. The topological polar surface area (TPSA) is 61.0 Å². The van der Waals surface area contributed by atoms with Crippen molar-refractivity contribution in [2.45, 2.75) is 0 Å². The van der Waals surface area contributed by atoms with Crippen LogP contribution in [0.25, 0.3) is 12.3 Å². The summed E-state index contributed by atoms with van der Waals surface area (Å²) in [5.74, 6) is 0. The smallest absolute Gasteiger partial charge is 3.00 e. The Balaban J connectivity index is 0. The van der Waals surface area contributed by atoms with Crippen molar-refractivity contribution in [1.82, 2.24) is 0 Å². The van der Waals surface area contributed by atoms with Crippen LogP contribution < -0.4 is 0 Å². The van der Waals surface area contributed by atoms with Crippen molar-refractivity contribution >= 4 is 8.41 Å². The molecule has 0 saturated carbocycles. The molecule has 4 heavy (non-hydrogen) atoms. The van der Waals surface area contributed by atoms with Crippen LogP contribution in [0.2, 0.25) is 0 Å². The summed E-state index contributed by atoms with van der Waals surface area (Å²) in [7, 11) is 0. The molecule has 0 rings (SSSR count). The van der Waals surface area contributed by atoms with Gasteiger partial charge in [0, 0.05) is 0 Å². The largest absolute Gasteiger partial charge is 6.00 e. The summed E-state index contributed by atoms with van der Waals surface area (Å²) < 4.78 is 0. The summed E-state index contributed by atoms with van der Waals surface area (Å²) in [5.41, 5.74) is 0. The maximum Gasteiger partial charge on any atom is 6.00 e. The third-order valence-corrected chi connectivity index (χ3v) is 0. The fourth-order valence-corrected chi connectivity index (χ4v) is 0. The molecule has 0 aromatic heterocycles. The Morgan fingerprint density at radius 3 is 0.750 bits per heavy atom. The van der Waals surface area contributed by atoms with E-state index in [4.69, 9.17) is 0 Å². The quantitative estimate of drug-likeness (QED) is 0.494. The van der Waals surface area contributed by atoms with Gasteiger partial charge in [0.2, 0.25) is 0 Å². The fourth-order valence-electron chi connectivity index (χ4n) is 0. The first-order chi connectivity index (χ1) is 0. The van der Waals surface area contributed by atoms with Crippen molar-refractivity contribution in [1.29, 1.82) is 0 Å². The molecule has 0 bridgehead atoms. The molecule has 0 aromatic rings. The fraction of sp³-hybridized carbons (Fsp3) is 0. The van der Waals surface area contributed by atoms with Crippen LogP contribution in [0.1, 0.15) is 0 Å². The SMILES string of the molecule is B.[N-3].[N-3].[W+6]. The second-order valence-electron chi connectivity index (χ2n) is 0. The summed E-state index contributed by atoms with van der Waals surface area (Å²) in [6, 6.07) is 0. The van der Waals surface area contributed by atoms with E-state index in [-0.39, 0.29) is 41.8 Å². The molecular weight excluding hydrogens is 223 g/mol. The molecule has 0 radical (unpaired) electrons. The van der Waals surface area contributed by atoms with Crippen LogP contribution in [0.3, 0.4) is 0 Å². The second-order valence-corrected chi connectivity index (χ2v) is 0. The summed E-state index contributed by atoms with van der Waals surface area (Å²) in [4.78, 5) is 0. The Morgan fingerprint density at radius 2 is 0.750 bits per heavy atom. The first-order valence-corrected chi connectivity index (χ1v) is 0. The summed E-state index contributed by atoms with van der Waals surface area (Å²) >= 11 is 0. The molecule has 0 spiro atoms. The maximum atomic E-state index is 0. The van der Waals surface area contributed by atoms with Gasteiger partial charge in [-0.1, -0.05) is 0 Å². The van der Waals surface area contributed by atoms with Crippen molar-refractivity contribution in [3.05, 3.63) is 12.3 Å². The zero-order valence-electron chi connectivity index (χ0n) is 1.30. The zero-order chi connectivity index (χ0) is 0. The van der Waals surface area contributed by atoms with Gasteiger partial charge < -0.3 is 12.3 Å². The molecule has 4 heteroatoms. The van der Waals surface area contributed by atoms with E-state index in [0.717, 1.165) is 0 Å². The van der Waals surface area contributed by atoms with Gasteiger partial charge in [0.1, 0.15) is 0 Å². The van der Waals surface area contributed by atoms with Gasteiger partial charge in [0.05, 0.1) is 8.41 Å². The standard InChI is InChI=1S/BH3.2N.W/h1H3;;;/q;2*-3;+6. The molecule has 0 aliphatic rings. The molecule has 0 fully saturated rings. The van der Waals surface area contributed by atoms with E-state index < -0.39 is 0 Å². The van der Waals surface area contributed by atoms with Gasteiger partial charge in [-0.15, -0.1) is 0 Å². The molecule has 0 saturated heterocycles. The van der Waals surface area contributed by atoms with Gasteiger partial charge in [0.25, 0.3) is 0 Å². The van der Waals surface area contributed by atoms with Crippen LogP contribution in [0.15, 0.2) is 0 Å². The van der Waals surface area contributed by atoms with Gasteiger partial charge >= 0.3 is 21.1 Å². The second kappa shape index (κ2) is 57.9. The number of nitrogens with zero attached hydrogens (tertiary/aromatic N) is 2. The van der Waals surface area contributed by atoms with Gasteiger partial charge in [-0.25, -0.2) is 0 Å². The third kappa shape index (κ3) is 16.5. The van der Waals surface area contributed by atoms with Crippen LogP contribution in [0, 0.1) is 0 Å². The summed E-state index contributed by atoms with van der Waals surface area (Å²) in [6.45, 7) is 0. The van der Waals surface area contributed by atoms with Gasteiger partial charge in [-0.05, 0) is 0 Å². The predicted octanol–water partition coefficient (Wildman–Crippen LogP) is -0.609. The van der Waals surface area contributed by atoms with E-state index in [2.05, 4.69) is 0 Å². The van der Waals surface area contributed by atoms with E-state index in [1.165, 1.54) is 0 Å². The van der Waals surface area contributed by atoms with Crippen LogP contribution in [0.5, 0.6) is 0 Å². The Hall–Kier alpha value is 0.673. The summed E-state index contributed by atoms with van der Waals surface area (Å²) in [5, 5.41) is 0. The minimum atomic E-state index is 0. The van der Waals surface area contributed by atoms with E-state index >= 15 is 0 Å². The average molecular weight is 226 g/mol. The molecule has 2 nitrogen and oxygen atoms in total. The van der Waals surface area contributed by atoms with Gasteiger partial charge in [-0.3, -0.25) is 0 Å². The Kier molecular flexibility index (Phi) is 2010. The van der Waals surface area contributed by atoms with Gasteiger partial charge in [-0.2, -0.15) is 0 Å². The minimum Gasteiger partial charge on any atom is -3.00 e. The van der Waals surface area contributed by atoms with Crippen molar-refractivity contribution in [2.75, 3.05) is 0 Å². The minimum absolute atomic E-state index is 0. The van der Waals surface area contributed by atoms with E-state index in [1.807, 2.05) is 0 Å². The number of rotatable bonds is 0. The molecule has 0 heterocycles. The molecule has 0 atom stereocenters. The Labute approximate surface area is 42.4 Å². The molecule has 0 unspecified atom stereocenters. The van der Waals surface area contributed by atoms with E-state index in [0.29, 0.717) is 0 Å². The van der Waals surface area contributed by atoms with E-state index in [1.54, 1.807) is 0 Å². The normalized spacial score (nSPS) is 0. The maximum absolute atomic E-state index is 0. The number of hydrogen-bond donors (Lipinski definition) is 0. The van der Waals surface area contributed by atoms with Crippen molar-refractivity contribution in [3.63, 3.8) is 0 Å². The third-order valence-electron chi connectivity index (χ3n) is 0. The summed E-state index contributed by atoms with van der Waals surface area (Å²) in [6.07, 6.45) is 0. The van der Waals surface area contributed by atoms with Crippen LogP contribution in [-0.2, 0) is 21.1 Å². The molecule has 0 aliphatic carbocycles. The van der Waals surface area contributed by atoms with Crippen LogP contribution in [-0.4, -0.2) is 8.41 Å². The van der Waals surface area contributed by atoms with Gasteiger partial charge in [0.15, 0.2) is 0 Å². The molecule has 0 aliphatic heterocycles. The molecule has 0 aromatic carbocycles. The predicted molar refractivity (Wildman–Crippen MR) is 16.7 cm³/mol.